The van der Waals surface area contributed by atoms with Gasteiger partial charge in [0.2, 0.25) is 0 Å². The molecule has 3 rings (SSSR count). The molecule has 1 heterocycles. The van der Waals surface area contributed by atoms with Crippen molar-refractivity contribution in [2.75, 3.05) is 25.6 Å². The van der Waals surface area contributed by atoms with E-state index in [4.69, 9.17) is 14.5 Å². The molecule has 2 N–H and O–H groups in total. The van der Waals surface area contributed by atoms with Crippen LogP contribution in [0, 0.1) is 0 Å². The summed E-state index contributed by atoms with van der Waals surface area (Å²) in [7, 11) is 1.63. The van der Waals surface area contributed by atoms with E-state index < -0.39 is 0 Å². The number of anilines is 1. The van der Waals surface area contributed by atoms with Gasteiger partial charge < -0.3 is 20.1 Å². The second kappa shape index (κ2) is 9.60. The molecule has 0 aliphatic carbocycles. The number of hydrogen-bond acceptors (Lipinski definition) is 4. The van der Waals surface area contributed by atoms with Gasteiger partial charge in [-0.15, -0.1) is 0 Å². The highest BCUT2D eigenvalue weighted by Crippen LogP contribution is 2.30. The zero-order chi connectivity index (χ0) is 19.8. The summed E-state index contributed by atoms with van der Waals surface area (Å²) in [6, 6.07) is 15.9. The van der Waals surface area contributed by atoms with Crippen molar-refractivity contribution >= 4 is 22.5 Å². The van der Waals surface area contributed by atoms with Crippen molar-refractivity contribution in [1.29, 1.82) is 0 Å². The number of aliphatic imine (C=N–C) groups is 1. The zero-order valence-electron chi connectivity index (χ0n) is 16.5. The van der Waals surface area contributed by atoms with Crippen LogP contribution in [-0.2, 0) is 6.54 Å². The fraction of sp³-hybridized carbons (Fsp3) is 0.273. The number of fused-ring (bicyclic) bond motifs is 1. The maximum Gasteiger partial charge on any atom is 0.196 e. The fourth-order valence-electron chi connectivity index (χ4n) is 2.92. The average Bonchev–Trinajstić information content (AvgIpc) is 2.73. The van der Waals surface area contributed by atoms with Gasteiger partial charge in [-0.05, 0) is 43.7 Å². The number of para-hydroxylation sites is 1. The van der Waals surface area contributed by atoms with Crippen LogP contribution in [0.3, 0.4) is 0 Å². The Morgan fingerprint density at radius 2 is 1.93 bits per heavy atom. The summed E-state index contributed by atoms with van der Waals surface area (Å²) < 4.78 is 11.0. The van der Waals surface area contributed by atoms with E-state index in [-0.39, 0.29) is 0 Å². The van der Waals surface area contributed by atoms with Gasteiger partial charge in [-0.25, -0.2) is 4.99 Å². The largest absolute Gasteiger partial charge is 0.493 e. The minimum atomic E-state index is 0.548. The maximum absolute atomic E-state index is 5.58. The minimum Gasteiger partial charge on any atom is -0.493 e. The third kappa shape index (κ3) is 4.71. The van der Waals surface area contributed by atoms with Gasteiger partial charge in [-0.1, -0.05) is 18.2 Å². The Morgan fingerprint density at radius 1 is 1.07 bits per heavy atom. The molecule has 0 unspecified atom stereocenters. The zero-order valence-corrected chi connectivity index (χ0v) is 16.5. The molecule has 6 nitrogen and oxygen atoms in total. The standard InChI is InChI=1S/C22H26N4O2/c1-4-23-22(26-17-10-11-20(28-5-2)21(14-17)27-3)25-15-16-12-13-24-19-9-7-6-8-18(16)19/h6-14H,4-5,15H2,1-3H3,(H2,23,25,26). The lowest BCUT2D eigenvalue weighted by Gasteiger charge is -2.14. The third-order valence-corrected chi connectivity index (χ3v) is 4.22. The van der Waals surface area contributed by atoms with Crippen LogP contribution in [0.5, 0.6) is 11.5 Å². The highest BCUT2D eigenvalue weighted by Gasteiger charge is 2.07. The first-order valence-electron chi connectivity index (χ1n) is 9.44. The van der Waals surface area contributed by atoms with E-state index in [1.165, 1.54) is 0 Å². The Kier molecular flexibility index (Phi) is 6.68. The first-order chi connectivity index (χ1) is 13.7. The summed E-state index contributed by atoms with van der Waals surface area (Å²) in [6.07, 6.45) is 1.82. The minimum absolute atomic E-state index is 0.548. The molecule has 0 saturated heterocycles. The smallest absolute Gasteiger partial charge is 0.196 e. The lowest BCUT2D eigenvalue weighted by Crippen LogP contribution is -2.30. The van der Waals surface area contributed by atoms with Crippen LogP contribution in [0.25, 0.3) is 10.9 Å². The monoisotopic (exact) mass is 378 g/mol. The van der Waals surface area contributed by atoms with Gasteiger partial charge in [0.25, 0.3) is 0 Å². The van der Waals surface area contributed by atoms with Gasteiger partial charge in [-0.2, -0.15) is 0 Å². The van der Waals surface area contributed by atoms with Crippen molar-refractivity contribution < 1.29 is 9.47 Å². The van der Waals surface area contributed by atoms with Crippen molar-refractivity contribution in [3.05, 3.63) is 60.3 Å². The van der Waals surface area contributed by atoms with Gasteiger partial charge in [0.15, 0.2) is 17.5 Å². The van der Waals surface area contributed by atoms with Gasteiger partial charge in [0, 0.05) is 29.9 Å². The molecule has 6 heteroatoms. The fourth-order valence-corrected chi connectivity index (χ4v) is 2.92. The molecule has 0 atom stereocenters. The number of rotatable bonds is 7. The Labute approximate surface area is 165 Å². The number of hydrogen-bond donors (Lipinski definition) is 2. The van der Waals surface area contributed by atoms with E-state index in [0.29, 0.717) is 24.9 Å². The van der Waals surface area contributed by atoms with Crippen LogP contribution in [0.4, 0.5) is 5.69 Å². The number of nitrogens with one attached hydrogen (secondary N) is 2. The number of aromatic nitrogens is 1. The number of methoxy groups -OCH3 is 1. The summed E-state index contributed by atoms with van der Waals surface area (Å²) in [5.41, 5.74) is 2.98. The summed E-state index contributed by atoms with van der Waals surface area (Å²) in [4.78, 5) is 9.15. The highest BCUT2D eigenvalue weighted by molar-refractivity contribution is 5.94. The number of pyridine rings is 1. The van der Waals surface area contributed by atoms with Crippen LogP contribution >= 0.6 is 0 Å². The lowest BCUT2D eigenvalue weighted by atomic mass is 10.1. The van der Waals surface area contributed by atoms with E-state index in [2.05, 4.69) is 21.7 Å². The molecule has 0 amide bonds. The van der Waals surface area contributed by atoms with Gasteiger partial charge in [0.1, 0.15) is 0 Å². The molecule has 0 aliphatic heterocycles. The third-order valence-electron chi connectivity index (χ3n) is 4.22. The average molecular weight is 378 g/mol. The molecule has 146 valence electrons. The van der Waals surface area contributed by atoms with E-state index in [1.807, 2.05) is 62.5 Å². The predicted molar refractivity (Wildman–Crippen MR) is 114 cm³/mol. The van der Waals surface area contributed by atoms with Crippen molar-refractivity contribution in [2.45, 2.75) is 20.4 Å². The topological polar surface area (TPSA) is 67.8 Å². The second-order valence-corrected chi connectivity index (χ2v) is 6.11. The Bertz CT molecular complexity index is 951. The Balaban J connectivity index is 1.81. The number of benzene rings is 2. The number of nitrogens with zero attached hydrogens (tertiary/aromatic N) is 2. The van der Waals surface area contributed by atoms with Crippen LogP contribution in [0.1, 0.15) is 19.4 Å². The molecular weight excluding hydrogens is 352 g/mol. The predicted octanol–water partition coefficient (Wildman–Crippen LogP) is 4.22. The molecule has 0 bridgehead atoms. The molecule has 2 aromatic carbocycles. The molecule has 3 aromatic rings. The first-order valence-corrected chi connectivity index (χ1v) is 9.44. The molecule has 0 saturated carbocycles. The number of ether oxygens (including phenoxy) is 2. The Hall–Kier alpha value is -3.28. The summed E-state index contributed by atoms with van der Waals surface area (Å²) in [5, 5.41) is 7.73. The van der Waals surface area contributed by atoms with Crippen LogP contribution in [0.2, 0.25) is 0 Å². The van der Waals surface area contributed by atoms with E-state index in [9.17, 15) is 0 Å². The molecule has 0 spiro atoms. The van der Waals surface area contributed by atoms with Crippen LogP contribution in [0.15, 0.2) is 59.7 Å². The normalized spacial score (nSPS) is 11.3. The van der Waals surface area contributed by atoms with E-state index in [1.54, 1.807) is 7.11 Å². The molecule has 1 aromatic heterocycles. The molecule has 0 fully saturated rings. The summed E-state index contributed by atoms with van der Waals surface area (Å²) in [5.74, 6) is 2.11. The van der Waals surface area contributed by atoms with Crippen molar-refractivity contribution in [3.8, 4) is 11.5 Å². The Morgan fingerprint density at radius 3 is 2.71 bits per heavy atom. The van der Waals surface area contributed by atoms with Gasteiger partial charge in [0.05, 0.1) is 25.8 Å². The maximum atomic E-state index is 5.58. The molecule has 28 heavy (non-hydrogen) atoms. The van der Waals surface area contributed by atoms with E-state index >= 15 is 0 Å². The first kappa shape index (κ1) is 19.5. The quantitative estimate of drug-likeness (QED) is 0.476. The van der Waals surface area contributed by atoms with E-state index in [0.717, 1.165) is 34.4 Å². The number of guanidine groups is 1. The SMILES string of the molecule is CCNC(=NCc1ccnc2ccccc12)Nc1ccc(OCC)c(OC)c1. The van der Waals surface area contributed by atoms with Crippen molar-refractivity contribution in [1.82, 2.24) is 10.3 Å². The van der Waals surface area contributed by atoms with Crippen LogP contribution in [-0.4, -0.2) is 31.2 Å². The van der Waals surface area contributed by atoms with Crippen LogP contribution < -0.4 is 20.1 Å². The van der Waals surface area contributed by atoms with Crippen molar-refractivity contribution in [2.24, 2.45) is 4.99 Å². The van der Waals surface area contributed by atoms with Gasteiger partial charge >= 0.3 is 0 Å². The lowest BCUT2D eigenvalue weighted by molar-refractivity contribution is 0.311. The molecule has 0 radical (unpaired) electrons. The highest BCUT2D eigenvalue weighted by atomic mass is 16.5. The summed E-state index contributed by atoms with van der Waals surface area (Å²) in [6.45, 7) is 5.89. The molecular formula is C22H26N4O2. The molecule has 0 aliphatic rings. The summed E-state index contributed by atoms with van der Waals surface area (Å²) >= 11 is 0. The van der Waals surface area contributed by atoms with Crippen molar-refractivity contribution in [3.63, 3.8) is 0 Å². The second-order valence-electron chi connectivity index (χ2n) is 6.11. The van der Waals surface area contributed by atoms with Gasteiger partial charge in [-0.3, -0.25) is 4.98 Å².